The summed E-state index contributed by atoms with van der Waals surface area (Å²) in [6.45, 7) is 3.19. The van der Waals surface area contributed by atoms with Gasteiger partial charge in [0, 0.05) is 38.6 Å². The average molecular weight is 391 g/mol. The van der Waals surface area contributed by atoms with E-state index in [0.29, 0.717) is 30.5 Å². The van der Waals surface area contributed by atoms with E-state index in [1.54, 1.807) is 24.3 Å². The summed E-state index contributed by atoms with van der Waals surface area (Å²) < 4.78 is 7.45. The number of hydrogen-bond donors (Lipinski definition) is 2. The third-order valence-corrected chi connectivity index (χ3v) is 4.93. The van der Waals surface area contributed by atoms with Crippen LogP contribution < -0.4 is 10.6 Å². The minimum Gasteiger partial charge on any atom is -0.379 e. The Bertz CT molecular complexity index is 802. The lowest BCUT2D eigenvalue weighted by molar-refractivity contribution is -0.136. The molecular formula is C19H23ClN4O3. The second-order valence-corrected chi connectivity index (χ2v) is 6.76. The lowest BCUT2D eigenvalue weighted by Crippen LogP contribution is -2.46. The number of amides is 2. The normalized spacial score (nSPS) is 15.9. The standard InChI is InChI=1S/C19H23ClN4O3/c1-23-8-4-7-16(23)17(24-9-11-27-12-10-24)13-21-18(25)19(26)22-15-6-3-2-5-14(15)20/h2-8,17H,9-13H2,1H3,(H,21,25)(H,22,26)/t17-/m1/s1. The number of anilines is 1. The number of morpholine rings is 1. The first-order valence-electron chi connectivity index (χ1n) is 8.83. The third-order valence-electron chi connectivity index (χ3n) is 4.60. The molecule has 2 N–H and O–H groups in total. The summed E-state index contributed by atoms with van der Waals surface area (Å²) >= 11 is 6.02. The Morgan fingerprint density at radius 3 is 2.56 bits per heavy atom. The van der Waals surface area contributed by atoms with Crippen LogP contribution in [0.25, 0.3) is 0 Å². The van der Waals surface area contributed by atoms with Gasteiger partial charge in [-0.15, -0.1) is 0 Å². The highest BCUT2D eigenvalue weighted by molar-refractivity contribution is 6.41. The van der Waals surface area contributed by atoms with E-state index < -0.39 is 11.8 Å². The van der Waals surface area contributed by atoms with Crippen molar-refractivity contribution in [3.05, 3.63) is 53.3 Å². The van der Waals surface area contributed by atoms with Crippen molar-refractivity contribution in [3.8, 4) is 0 Å². The molecule has 144 valence electrons. The van der Waals surface area contributed by atoms with Crippen LogP contribution in [-0.4, -0.2) is 54.1 Å². The fraction of sp³-hybridized carbons (Fsp3) is 0.368. The van der Waals surface area contributed by atoms with Gasteiger partial charge in [0.05, 0.1) is 30.0 Å². The van der Waals surface area contributed by atoms with Gasteiger partial charge in [0.15, 0.2) is 0 Å². The van der Waals surface area contributed by atoms with Crippen LogP contribution in [0.15, 0.2) is 42.6 Å². The molecule has 0 spiro atoms. The Morgan fingerprint density at radius 1 is 1.15 bits per heavy atom. The number of carbonyl (C=O) groups excluding carboxylic acids is 2. The number of nitrogens with one attached hydrogen (secondary N) is 2. The summed E-state index contributed by atoms with van der Waals surface area (Å²) in [4.78, 5) is 26.7. The van der Waals surface area contributed by atoms with Gasteiger partial charge in [-0.2, -0.15) is 0 Å². The summed E-state index contributed by atoms with van der Waals surface area (Å²) in [6.07, 6.45) is 1.97. The summed E-state index contributed by atoms with van der Waals surface area (Å²) in [5.41, 5.74) is 1.48. The highest BCUT2D eigenvalue weighted by Crippen LogP contribution is 2.22. The first kappa shape index (κ1) is 19.4. The molecule has 1 aliphatic rings. The molecule has 1 aromatic heterocycles. The van der Waals surface area contributed by atoms with Gasteiger partial charge in [-0.1, -0.05) is 23.7 Å². The lowest BCUT2D eigenvalue weighted by atomic mass is 10.1. The molecule has 8 heteroatoms. The molecular weight excluding hydrogens is 368 g/mol. The molecule has 3 rings (SSSR count). The first-order chi connectivity index (χ1) is 13.1. The molecule has 1 saturated heterocycles. The van der Waals surface area contributed by atoms with Crippen LogP contribution in [0.3, 0.4) is 0 Å². The monoisotopic (exact) mass is 390 g/mol. The van der Waals surface area contributed by atoms with E-state index in [-0.39, 0.29) is 6.04 Å². The van der Waals surface area contributed by atoms with Crippen molar-refractivity contribution in [2.24, 2.45) is 7.05 Å². The Morgan fingerprint density at radius 2 is 1.89 bits per heavy atom. The Hall–Kier alpha value is -2.35. The molecule has 2 heterocycles. The molecule has 0 bridgehead atoms. The van der Waals surface area contributed by atoms with Crippen molar-refractivity contribution >= 4 is 29.1 Å². The summed E-state index contributed by atoms with van der Waals surface area (Å²) in [5, 5.41) is 5.67. The van der Waals surface area contributed by atoms with Crippen LogP contribution in [0.5, 0.6) is 0 Å². The van der Waals surface area contributed by atoms with E-state index in [0.717, 1.165) is 18.8 Å². The maximum Gasteiger partial charge on any atom is 0.313 e. The molecule has 27 heavy (non-hydrogen) atoms. The Balaban J connectivity index is 1.64. The molecule has 0 radical (unpaired) electrons. The molecule has 2 aromatic rings. The zero-order valence-electron chi connectivity index (χ0n) is 15.2. The van der Waals surface area contributed by atoms with Crippen LogP contribution >= 0.6 is 11.6 Å². The van der Waals surface area contributed by atoms with Gasteiger partial charge in [-0.05, 0) is 24.3 Å². The number of ether oxygens (including phenoxy) is 1. The molecule has 1 aromatic carbocycles. The number of hydrogen-bond acceptors (Lipinski definition) is 4. The molecule has 0 unspecified atom stereocenters. The van der Waals surface area contributed by atoms with Crippen molar-refractivity contribution in [1.82, 2.24) is 14.8 Å². The van der Waals surface area contributed by atoms with Crippen molar-refractivity contribution in [1.29, 1.82) is 0 Å². The molecule has 0 saturated carbocycles. The predicted molar refractivity (Wildman–Crippen MR) is 104 cm³/mol. The Kier molecular flexibility index (Phi) is 6.49. The second kappa shape index (κ2) is 9.03. The highest BCUT2D eigenvalue weighted by atomic mass is 35.5. The number of aryl methyl sites for hydroxylation is 1. The van der Waals surface area contributed by atoms with Gasteiger partial charge in [-0.25, -0.2) is 0 Å². The molecule has 1 atom stereocenters. The summed E-state index contributed by atoms with van der Waals surface area (Å²) in [5.74, 6) is -1.43. The quantitative estimate of drug-likeness (QED) is 0.763. The average Bonchev–Trinajstić information content (AvgIpc) is 3.10. The highest BCUT2D eigenvalue weighted by Gasteiger charge is 2.26. The predicted octanol–water partition coefficient (Wildman–Crippen LogP) is 1.81. The zero-order chi connectivity index (χ0) is 19.2. The largest absolute Gasteiger partial charge is 0.379 e. The van der Waals surface area contributed by atoms with E-state index in [1.165, 1.54) is 0 Å². The van der Waals surface area contributed by atoms with Gasteiger partial charge in [0.2, 0.25) is 0 Å². The van der Waals surface area contributed by atoms with Crippen molar-refractivity contribution in [2.75, 3.05) is 38.2 Å². The van der Waals surface area contributed by atoms with Crippen molar-refractivity contribution < 1.29 is 14.3 Å². The maximum absolute atomic E-state index is 12.3. The minimum atomic E-state index is -0.740. The molecule has 1 fully saturated rings. The van der Waals surface area contributed by atoms with E-state index in [1.807, 2.05) is 29.9 Å². The Labute approximate surface area is 163 Å². The third kappa shape index (κ3) is 4.88. The van der Waals surface area contributed by atoms with Gasteiger partial charge >= 0.3 is 11.8 Å². The van der Waals surface area contributed by atoms with Crippen LogP contribution in [-0.2, 0) is 21.4 Å². The van der Waals surface area contributed by atoms with E-state index in [2.05, 4.69) is 15.5 Å². The minimum absolute atomic E-state index is 0.0361. The van der Waals surface area contributed by atoms with E-state index in [4.69, 9.17) is 16.3 Å². The van der Waals surface area contributed by atoms with Crippen LogP contribution in [0.1, 0.15) is 11.7 Å². The van der Waals surface area contributed by atoms with Gasteiger partial charge in [0.1, 0.15) is 0 Å². The van der Waals surface area contributed by atoms with Crippen LogP contribution in [0.2, 0.25) is 5.02 Å². The fourth-order valence-electron chi connectivity index (χ4n) is 3.14. The van der Waals surface area contributed by atoms with Gasteiger partial charge < -0.3 is 19.9 Å². The number of nitrogens with zero attached hydrogens (tertiary/aromatic N) is 2. The fourth-order valence-corrected chi connectivity index (χ4v) is 3.32. The van der Waals surface area contributed by atoms with Crippen LogP contribution in [0.4, 0.5) is 5.69 Å². The SMILES string of the molecule is Cn1cccc1[C@@H](CNC(=O)C(=O)Nc1ccccc1Cl)N1CCOCC1. The van der Waals surface area contributed by atoms with Gasteiger partial charge in [0.25, 0.3) is 0 Å². The topological polar surface area (TPSA) is 75.6 Å². The summed E-state index contributed by atoms with van der Waals surface area (Å²) in [6, 6.07) is 10.7. The van der Waals surface area contributed by atoms with Gasteiger partial charge in [-0.3, -0.25) is 14.5 Å². The maximum atomic E-state index is 12.3. The number of aromatic nitrogens is 1. The summed E-state index contributed by atoms with van der Waals surface area (Å²) in [7, 11) is 1.97. The van der Waals surface area contributed by atoms with E-state index in [9.17, 15) is 9.59 Å². The zero-order valence-corrected chi connectivity index (χ0v) is 15.9. The number of rotatable bonds is 5. The molecule has 0 aliphatic carbocycles. The number of para-hydroxylation sites is 1. The van der Waals surface area contributed by atoms with Crippen LogP contribution in [0, 0.1) is 0 Å². The molecule has 1 aliphatic heterocycles. The smallest absolute Gasteiger partial charge is 0.313 e. The number of benzene rings is 1. The molecule has 2 amide bonds. The number of halogens is 1. The number of carbonyl (C=O) groups is 2. The first-order valence-corrected chi connectivity index (χ1v) is 9.21. The molecule has 7 nitrogen and oxygen atoms in total. The van der Waals surface area contributed by atoms with Crippen molar-refractivity contribution in [2.45, 2.75) is 6.04 Å². The van der Waals surface area contributed by atoms with E-state index >= 15 is 0 Å². The van der Waals surface area contributed by atoms with Crippen molar-refractivity contribution in [3.63, 3.8) is 0 Å². The lowest BCUT2D eigenvalue weighted by Gasteiger charge is -2.34. The second-order valence-electron chi connectivity index (χ2n) is 6.35.